The number of nitrogens with zero attached hydrogens (tertiary/aromatic N) is 1. The van der Waals surface area contributed by atoms with Crippen molar-refractivity contribution >= 4 is 29.3 Å². The summed E-state index contributed by atoms with van der Waals surface area (Å²) in [7, 11) is 0. The van der Waals surface area contributed by atoms with Gasteiger partial charge in [-0.3, -0.25) is 29.4 Å². The molecule has 1 aromatic carbocycles. The number of amides is 4. The summed E-state index contributed by atoms with van der Waals surface area (Å²) in [6.07, 6.45) is 4.03. The first-order valence-electron chi connectivity index (χ1n) is 9.78. The number of unbranched alkanes of at least 4 members (excludes halogenated alkanes) is 1. The third-order valence-electron chi connectivity index (χ3n) is 5.31. The van der Waals surface area contributed by atoms with Crippen molar-refractivity contribution in [2.75, 3.05) is 11.9 Å². The van der Waals surface area contributed by atoms with E-state index in [4.69, 9.17) is 5.73 Å². The fourth-order valence-corrected chi connectivity index (χ4v) is 3.62. The average Bonchev–Trinajstić information content (AvgIpc) is 2.93. The van der Waals surface area contributed by atoms with Crippen LogP contribution in [-0.2, 0) is 9.59 Å². The summed E-state index contributed by atoms with van der Waals surface area (Å²) in [6.45, 7) is 2.72. The summed E-state index contributed by atoms with van der Waals surface area (Å²) >= 11 is 0. The molecule has 1 saturated heterocycles. The lowest BCUT2D eigenvalue weighted by Gasteiger charge is -2.27. The topological polar surface area (TPSA) is 122 Å². The standard InChI is InChI=1S/C20H26N4O4/c1-2-12(21)6-3-4-11-22-14-8-5-7-13-17(14)20(28)24(19(13)27)15-9-10-16(25)23-18(15)26/h5,7-8,12,15,22H,2-4,6,9-11,21H2,1H3,(H,23,25,26). The lowest BCUT2D eigenvalue weighted by molar-refractivity contribution is -0.136. The number of hydrogen-bond acceptors (Lipinski definition) is 6. The Balaban J connectivity index is 1.70. The number of benzene rings is 1. The third kappa shape index (κ3) is 3.91. The van der Waals surface area contributed by atoms with Crippen molar-refractivity contribution < 1.29 is 19.2 Å². The van der Waals surface area contributed by atoms with Gasteiger partial charge in [0.2, 0.25) is 11.8 Å². The largest absolute Gasteiger partial charge is 0.384 e. The average molecular weight is 386 g/mol. The monoisotopic (exact) mass is 386 g/mol. The molecule has 0 radical (unpaired) electrons. The summed E-state index contributed by atoms with van der Waals surface area (Å²) in [6, 6.07) is 4.33. The minimum atomic E-state index is -0.950. The quantitative estimate of drug-likeness (QED) is 0.459. The van der Waals surface area contributed by atoms with Gasteiger partial charge >= 0.3 is 0 Å². The Bertz CT molecular complexity index is 807. The summed E-state index contributed by atoms with van der Waals surface area (Å²) in [5.74, 6) is -1.98. The highest BCUT2D eigenvalue weighted by molar-refractivity contribution is 6.25. The zero-order valence-electron chi connectivity index (χ0n) is 16.0. The van der Waals surface area contributed by atoms with Crippen LogP contribution in [0.4, 0.5) is 5.69 Å². The van der Waals surface area contributed by atoms with E-state index in [1.165, 1.54) is 0 Å². The Kier molecular flexibility index (Phi) is 6.08. The molecule has 8 heteroatoms. The van der Waals surface area contributed by atoms with Gasteiger partial charge in [-0.1, -0.05) is 19.4 Å². The van der Waals surface area contributed by atoms with E-state index in [0.29, 0.717) is 17.8 Å². The smallest absolute Gasteiger partial charge is 0.264 e. The molecule has 0 bridgehead atoms. The highest BCUT2D eigenvalue weighted by atomic mass is 16.2. The van der Waals surface area contributed by atoms with Crippen LogP contribution in [0, 0.1) is 0 Å². The van der Waals surface area contributed by atoms with E-state index in [9.17, 15) is 19.2 Å². The van der Waals surface area contributed by atoms with Gasteiger partial charge in [0.15, 0.2) is 0 Å². The molecule has 2 unspecified atom stereocenters. The highest BCUT2D eigenvalue weighted by Gasteiger charge is 2.45. The zero-order chi connectivity index (χ0) is 20.3. The lowest BCUT2D eigenvalue weighted by atomic mass is 10.0. The molecule has 3 rings (SSSR count). The molecule has 2 heterocycles. The molecule has 4 N–H and O–H groups in total. The number of imide groups is 2. The number of carbonyl (C=O) groups is 4. The van der Waals surface area contributed by atoms with E-state index < -0.39 is 23.8 Å². The molecule has 8 nitrogen and oxygen atoms in total. The van der Waals surface area contributed by atoms with Crippen molar-refractivity contribution in [1.29, 1.82) is 0 Å². The van der Waals surface area contributed by atoms with Gasteiger partial charge in [0.25, 0.3) is 11.8 Å². The van der Waals surface area contributed by atoms with Crippen molar-refractivity contribution in [2.45, 2.75) is 57.5 Å². The van der Waals surface area contributed by atoms with Crippen molar-refractivity contribution in [3.63, 3.8) is 0 Å². The first kappa shape index (κ1) is 20.0. The Morgan fingerprint density at radius 3 is 2.71 bits per heavy atom. The van der Waals surface area contributed by atoms with Crippen LogP contribution in [0.25, 0.3) is 0 Å². The second-order valence-electron chi connectivity index (χ2n) is 7.27. The molecule has 4 amide bonds. The predicted molar refractivity (Wildman–Crippen MR) is 104 cm³/mol. The van der Waals surface area contributed by atoms with Gasteiger partial charge in [-0.2, -0.15) is 0 Å². The van der Waals surface area contributed by atoms with Crippen LogP contribution in [0.1, 0.15) is 66.2 Å². The second kappa shape index (κ2) is 8.52. The molecule has 2 aliphatic rings. The number of carbonyl (C=O) groups excluding carboxylic acids is 4. The van der Waals surface area contributed by atoms with Gasteiger partial charge in [0, 0.05) is 24.7 Å². The number of rotatable bonds is 8. The summed E-state index contributed by atoms with van der Waals surface area (Å²) in [5, 5.41) is 5.44. The maximum atomic E-state index is 13.0. The fourth-order valence-electron chi connectivity index (χ4n) is 3.62. The Morgan fingerprint density at radius 1 is 1.21 bits per heavy atom. The van der Waals surface area contributed by atoms with Gasteiger partial charge in [-0.25, -0.2) is 0 Å². The van der Waals surface area contributed by atoms with Crippen molar-refractivity contribution in [3.05, 3.63) is 29.3 Å². The van der Waals surface area contributed by atoms with E-state index in [1.54, 1.807) is 18.2 Å². The Labute approximate surface area is 163 Å². The number of fused-ring (bicyclic) bond motifs is 1. The van der Waals surface area contributed by atoms with E-state index >= 15 is 0 Å². The molecule has 2 aliphatic heterocycles. The fraction of sp³-hybridized carbons (Fsp3) is 0.500. The Hall–Kier alpha value is -2.74. The highest BCUT2D eigenvalue weighted by Crippen LogP contribution is 2.32. The molecule has 0 spiro atoms. The molecular formula is C20H26N4O4. The molecular weight excluding hydrogens is 360 g/mol. The van der Waals surface area contributed by atoms with Crippen LogP contribution < -0.4 is 16.4 Å². The number of hydrogen-bond donors (Lipinski definition) is 3. The molecule has 0 aromatic heterocycles. The minimum absolute atomic E-state index is 0.106. The van der Waals surface area contributed by atoms with Crippen molar-refractivity contribution in [2.24, 2.45) is 5.73 Å². The van der Waals surface area contributed by atoms with Crippen LogP contribution in [0.15, 0.2) is 18.2 Å². The van der Waals surface area contributed by atoms with Crippen molar-refractivity contribution in [3.8, 4) is 0 Å². The van der Waals surface area contributed by atoms with Gasteiger partial charge in [-0.15, -0.1) is 0 Å². The Morgan fingerprint density at radius 2 is 2.00 bits per heavy atom. The predicted octanol–water partition coefficient (Wildman–Crippen LogP) is 1.41. The van der Waals surface area contributed by atoms with Crippen LogP contribution in [0.2, 0.25) is 0 Å². The molecule has 0 aliphatic carbocycles. The first-order chi connectivity index (χ1) is 13.4. The summed E-state index contributed by atoms with van der Waals surface area (Å²) in [5.41, 5.74) is 7.08. The lowest BCUT2D eigenvalue weighted by Crippen LogP contribution is -2.54. The number of nitrogens with two attached hydrogens (primary N) is 1. The number of nitrogens with one attached hydrogen (secondary N) is 2. The van der Waals surface area contributed by atoms with Gasteiger partial charge in [0.1, 0.15) is 6.04 Å². The molecule has 1 aromatic rings. The van der Waals surface area contributed by atoms with Crippen LogP contribution in [0.3, 0.4) is 0 Å². The van der Waals surface area contributed by atoms with Crippen LogP contribution in [-0.4, -0.2) is 47.2 Å². The molecule has 0 saturated carbocycles. The summed E-state index contributed by atoms with van der Waals surface area (Å²) in [4.78, 5) is 50.2. The maximum absolute atomic E-state index is 13.0. The molecule has 28 heavy (non-hydrogen) atoms. The van der Waals surface area contributed by atoms with E-state index in [-0.39, 0.29) is 30.4 Å². The minimum Gasteiger partial charge on any atom is -0.384 e. The SMILES string of the molecule is CCC(N)CCCCNc1cccc2c1C(=O)N(C1CCC(=O)NC1=O)C2=O. The number of piperidine rings is 1. The molecule has 1 fully saturated rings. The summed E-state index contributed by atoms with van der Waals surface area (Å²) < 4.78 is 0. The van der Waals surface area contributed by atoms with E-state index in [2.05, 4.69) is 17.6 Å². The number of anilines is 1. The second-order valence-corrected chi connectivity index (χ2v) is 7.27. The van der Waals surface area contributed by atoms with E-state index in [0.717, 1.165) is 30.6 Å². The van der Waals surface area contributed by atoms with Crippen molar-refractivity contribution in [1.82, 2.24) is 10.2 Å². The van der Waals surface area contributed by atoms with Crippen LogP contribution in [0.5, 0.6) is 0 Å². The first-order valence-corrected chi connectivity index (χ1v) is 9.78. The van der Waals surface area contributed by atoms with Crippen LogP contribution >= 0.6 is 0 Å². The van der Waals surface area contributed by atoms with Gasteiger partial charge < -0.3 is 11.1 Å². The molecule has 2 atom stereocenters. The van der Waals surface area contributed by atoms with Gasteiger partial charge in [-0.05, 0) is 37.8 Å². The zero-order valence-corrected chi connectivity index (χ0v) is 16.0. The van der Waals surface area contributed by atoms with E-state index in [1.807, 2.05) is 0 Å². The third-order valence-corrected chi connectivity index (χ3v) is 5.31. The van der Waals surface area contributed by atoms with Gasteiger partial charge in [0.05, 0.1) is 11.1 Å². The normalized spacial score (nSPS) is 20.2. The maximum Gasteiger partial charge on any atom is 0.264 e. The molecule has 150 valence electrons.